The Morgan fingerprint density at radius 1 is 1.17 bits per heavy atom. The van der Waals surface area contributed by atoms with Crippen LogP contribution in [0.1, 0.15) is 19.3 Å². The molecule has 1 aromatic carbocycles. The predicted molar refractivity (Wildman–Crippen MR) is 77.4 cm³/mol. The minimum absolute atomic E-state index is 0. The molecule has 0 heterocycles. The Morgan fingerprint density at radius 3 is 2.44 bits per heavy atom. The summed E-state index contributed by atoms with van der Waals surface area (Å²) in [7, 11) is 3.52. The Morgan fingerprint density at radius 2 is 1.83 bits per heavy atom. The molecule has 18 heavy (non-hydrogen) atoms. The van der Waals surface area contributed by atoms with E-state index >= 15 is 0 Å². The maximum atomic E-state index is 10.3. The summed E-state index contributed by atoms with van der Waals surface area (Å²) in [5.74, 6) is 1.33. The molecule has 7 heteroatoms. The first-order valence-corrected chi connectivity index (χ1v) is 9.23. The van der Waals surface area contributed by atoms with Crippen molar-refractivity contribution in [2.45, 2.75) is 24.2 Å². The van der Waals surface area contributed by atoms with Gasteiger partial charge in [-0.1, -0.05) is 50.7 Å². The number of benzene rings is 1. The van der Waals surface area contributed by atoms with E-state index in [-0.39, 0.29) is 35.3 Å². The zero-order valence-corrected chi connectivity index (χ0v) is 15.5. The minimum Gasteiger partial charge on any atom is -0.772 e. The topological polar surface area (TPSA) is 40.1 Å². The largest absolute Gasteiger partial charge is 1.00 e. The van der Waals surface area contributed by atoms with Crippen LogP contribution in [-0.2, 0) is 11.1 Å². The molecule has 0 radical (unpaired) electrons. The van der Waals surface area contributed by atoms with Crippen molar-refractivity contribution in [2.24, 2.45) is 0 Å². The van der Waals surface area contributed by atoms with Gasteiger partial charge in [-0.05, 0) is 37.1 Å². The van der Waals surface area contributed by atoms with Crippen molar-refractivity contribution in [3.63, 3.8) is 0 Å². The van der Waals surface area contributed by atoms with Gasteiger partial charge in [0.15, 0.2) is 0 Å². The van der Waals surface area contributed by atoms with Crippen LogP contribution < -0.4 is 29.6 Å². The number of halogens is 1. The van der Waals surface area contributed by atoms with Crippen molar-refractivity contribution in [3.05, 3.63) is 29.3 Å². The average Bonchev–Trinajstić information content (AvgIpc) is 2.30. The van der Waals surface area contributed by atoms with Gasteiger partial charge in [0.2, 0.25) is 0 Å². The molecule has 1 aromatic rings. The van der Waals surface area contributed by atoms with E-state index in [1.54, 1.807) is 21.6 Å². The summed E-state index contributed by atoms with van der Waals surface area (Å²) in [4.78, 5) is 1.19. The SMILES string of the molecule is O=S([O-])CCCCCSSc1ccc(Cl)cc1.[Na+]. The average molecular weight is 333 g/mol. The fraction of sp³-hybridized carbons (Fsp3) is 0.455. The monoisotopic (exact) mass is 332 g/mol. The molecule has 1 unspecified atom stereocenters. The first-order valence-electron chi connectivity index (χ1n) is 5.29. The van der Waals surface area contributed by atoms with Crippen LogP contribution in [0.4, 0.5) is 0 Å². The molecule has 0 aliphatic heterocycles. The van der Waals surface area contributed by atoms with E-state index in [0.29, 0.717) is 0 Å². The maximum Gasteiger partial charge on any atom is 1.00 e. The first kappa shape index (κ1) is 19.3. The number of hydrogen-bond donors (Lipinski definition) is 0. The van der Waals surface area contributed by atoms with Crippen LogP contribution in [0.2, 0.25) is 5.02 Å². The molecule has 1 atom stereocenters. The van der Waals surface area contributed by atoms with Crippen molar-refractivity contribution >= 4 is 44.3 Å². The molecule has 0 N–H and O–H groups in total. The number of rotatable bonds is 8. The second-order valence-corrected chi connectivity index (χ2v) is 7.37. The molecule has 96 valence electrons. The Balaban J connectivity index is 0.00000289. The van der Waals surface area contributed by atoms with Crippen molar-refractivity contribution in [3.8, 4) is 0 Å². The van der Waals surface area contributed by atoms with Gasteiger partial charge in [0, 0.05) is 21.4 Å². The van der Waals surface area contributed by atoms with Crippen LogP contribution in [-0.4, -0.2) is 20.3 Å². The number of hydrogen-bond acceptors (Lipinski definition) is 4. The van der Waals surface area contributed by atoms with Gasteiger partial charge in [-0.25, -0.2) is 0 Å². The standard InChI is InChI=1S/C11H15ClO2S3.Na/c12-10-4-6-11(7-5-10)16-15-8-2-1-3-9-17(13)14;/h4-7H,1-3,8-9H2,(H,13,14);/q;+1/p-1. The molecule has 0 aliphatic rings. The van der Waals surface area contributed by atoms with Gasteiger partial charge >= 0.3 is 29.6 Å². The van der Waals surface area contributed by atoms with Crippen molar-refractivity contribution in [1.82, 2.24) is 0 Å². The fourth-order valence-electron chi connectivity index (χ4n) is 1.16. The van der Waals surface area contributed by atoms with Crippen LogP contribution >= 0.6 is 33.2 Å². The summed E-state index contributed by atoms with van der Waals surface area (Å²) >= 11 is 3.91. The van der Waals surface area contributed by atoms with Crippen molar-refractivity contribution in [2.75, 3.05) is 11.5 Å². The van der Waals surface area contributed by atoms with Gasteiger partial charge in [0.25, 0.3) is 0 Å². The van der Waals surface area contributed by atoms with Gasteiger partial charge in [0.1, 0.15) is 0 Å². The molecule has 0 saturated heterocycles. The summed E-state index contributed by atoms with van der Waals surface area (Å²) in [6.07, 6.45) is 2.80. The molecule has 0 aliphatic carbocycles. The fourth-order valence-corrected chi connectivity index (χ4v) is 3.86. The third-order valence-electron chi connectivity index (χ3n) is 2.01. The maximum absolute atomic E-state index is 10.3. The molecular formula is C11H14ClNaO2S3. The molecule has 0 saturated carbocycles. The van der Waals surface area contributed by atoms with E-state index in [9.17, 15) is 8.76 Å². The van der Waals surface area contributed by atoms with E-state index in [1.165, 1.54) is 4.90 Å². The van der Waals surface area contributed by atoms with Gasteiger partial charge in [-0.2, -0.15) is 0 Å². The smallest absolute Gasteiger partial charge is 0.772 e. The zero-order valence-electron chi connectivity index (χ0n) is 10.3. The minimum atomic E-state index is -1.88. The van der Waals surface area contributed by atoms with E-state index in [4.69, 9.17) is 11.6 Å². The molecule has 0 bridgehead atoms. The Bertz CT molecular complexity index is 349. The summed E-state index contributed by atoms with van der Waals surface area (Å²) in [5, 5.41) is 0.755. The Labute approximate surface area is 146 Å². The Hall–Kier alpha value is 1.32. The zero-order chi connectivity index (χ0) is 12.5. The van der Waals surface area contributed by atoms with Crippen molar-refractivity contribution < 1.29 is 38.3 Å². The second kappa shape index (κ2) is 12.1. The molecule has 0 fully saturated rings. The third-order valence-corrected chi connectivity index (χ3v) is 5.35. The Kier molecular flexibility index (Phi) is 13.0. The molecule has 1 rings (SSSR count). The van der Waals surface area contributed by atoms with E-state index in [0.717, 1.165) is 30.0 Å². The van der Waals surface area contributed by atoms with Gasteiger partial charge in [-0.3, -0.25) is 4.21 Å². The van der Waals surface area contributed by atoms with Crippen LogP contribution in [0.3, 0.4) is 0 Å². The van der Waals surface area contributed by atoms with Crippen LogP contribution in [0.25, 0.3) is 0 Å². The summed E-state index contributed by atoms with van der Waals surface area (Å²) in [6, 6.07) is 7.77. The predicted octanol–water partition coefficient (Wildman–Crippen LogP) is 1.13. The summed E-state index contributed by atoms with van der Waals surface area (Å²) in [6.45, 7) is 0. The van der Waals surface area contributed by atoms with Crippen LogP contribution in [0.5, 0.6) is 0 Å². The number of unbranched alkanes of at least 4 members (excludes halogenated alkanes) is 2. The molecule has 0 amide bonds. The van der Waals surface area contributed by atoms with Gasteiger partial charge < -0.3 is 4.55 Å². The summed E-state index contributed by atoms with van der Waals surface area (Å²) < 4.78 is 20.6. The molecule has 0 spiro atoms. The normalized spacial score (nSPS) is 11.9. The van der Waals surface area contributed by atoms with Crippen molar-refractivity contribution in [1.29, 1.82) is 0 Å². The van der Waals surface area contributed by atoms with Crippen LogP contribution in [0, 0.1) is 0 Å². The van der Waals surface area contributed by atoms with E-state index < -0.39 is 11.1 Å². The molecule has 2 nitrogen and oxygen atoms in total. The quantitative estimate of drug-likeness (QED) is 0.310. The van der Waals surface area contributed by atoms with Gasteiger partial charge in [-0.15, -0.1) is 0 Å². The van der Waals surface area contributed by atoms with Gasteiger partial charge in [0.05, 0.1) is 0 Å². The van der Waals surface area contributed by atoms with E-state index in [2.05, 4.69) is 0 Å². The first-order chi connectivity index (χ1) is 8.18. The third kappa shape index (κ3) is 10.1. The molecular weight excluding hydrogens is 319 g/mol. The van der Waals surface area contributed by atoms with Crippen LogP contribution in [0.15, 0.2) is 29.2 Å². The second-order valence-electron chi connectivity index (χ2n) is 3.43. The summed E-state index contributed by atoms with van der Waals surface area (Å²) in [5.41, 5.74) is 0. The molecule has 0 aromatic heterocycles. The van der Waals surface area contributed by atoms with E-state index in [1.807, 2.05) is 24.3 Å².